The lowest BCUT2D eigenvalue weighted by atomic mass is 9.43. The van der Waals surface area contributed by atoms with Gasteiger partial charge in [0.05, 0.1) is 0 Å². The van der Waals surface area contributed by atoms with E-state index < -0.39 is 13.4 Å². The van der Waals surface area contributed by atoms with Gasteiger partial charge in [0, 0.05) is 13.0 Å². The molecule has 1 saturated heterocycles. The van der Waals surface area contributed by atoms with Crippen LogP contribution >= 0.6 is 7.82 Å². The van der Waals surface area contributed by atoms with Crippen LogP contribution in [-0.2, 0) is 24.7 Å². The van der Waals surface area contributed by atoms with Gasteiger partial charge in [-0.25, -0.2) is 14.3 Å². The minimum absolute atomic E-state index is 0.154. The van der Waals surface area contributed by atoms with Crippen LogP contribution in [0.1, 0.15) is 31.2 Å². The summed E-state index contributed by atoms with van der Waals surface area (Å²) >= 11 is 0. The van der Waals surface area contributed by atoms with Crippen molar-refractivity contribution in [3.63, 3.8) is 0 Å². The zero-order valence-electron chi connectivity index (χ0n) is 14.5. The number of rotatable bonds is 4. The lowest BCUT2D eigenvalue weighted by Crippen LogP contribution is -2.73. The molecular formula is C18H23O7P. The van der Waals surface area contributed by atoms with Gasteiger partial charge in [-0.3, -0.25) is 9.79 Å². The van der Waals surface area contributed by atoms with Gasteiger partial charge in [0.1, 0.15) is 23.6 Å². The summed E-state index contributed by atoms with van der Waals surface area (Å²) in [5.41, 5.74) is 0.0456. The van der Waals surface area contributed by atoms with E-state index in [1.165, 1.54) is 6.42 Å². The molecule has 4 bridgehead atoms. The zero-order valence-corrected chi connectivity index (χ0v) is 15.4. The molecule has 4 saturated carbocycles. The Balaban J connectivity index is 1.60. The van der Waals surface area contributed by atoms with Gasteiger partial charge in [0.15, 0.2) is 0 Å². The van der Waals surface area contributed by atoms with Gasteiger partial charge in [0.2, 0.25) is 0 Å². The van der Waals surface area contributed by atoms with E-state index in [2.05, 4.69) is 0 Å². The van der Waals surface area contributed by atoms with E-state index >= 15 is 0 Å². The van der Waals surface area contributed by atoms with E-state index in [0.717, 1.165) is 24.8 Å². The molecule has 0 radical (unpaired) electrons. The fourth-order valence-corrected chi connectivity index (χ4v) is 6.74. The van der Waals surface area contributed by atoms with Crippen LogP contribution in [0.3, 0.4) is 0 Å². The Hall–Kier alpha value is -0.950. The molecule has 142 valence electrons. The highest BCUT2D eigenvalue weighted by atomic mass is 31.2. The fourth-order valence-electron chi connectivity index (χ4n) is 6.35. The number of benzene rings is 1. The molecular weight excluding hydrogens is 359 g/mol. The van der Waals surface area contributed by atoms with Crippen molar-refractivity contribution >= 4 is 7.82 Å². The Morgan fingerprint density at radius 3 is 2.62 bits per heavy atom. The first-order valence-electron chi connectivity index (χ1n) is 9.09. The average Bonchev–Trinajstić information content (AvgIpc) is 2.52. The Morgan fingerprint density at radius 2 is 1.96 bits per heavy atom. The molecule has 0 unspecified atom stereocenters. The van der Waals surface area contributed by atoms with E-state index in [1.54, 1.807) is 25.3 Å². The van der Waals surface area contributed by atoms with Crippen LogP contribution in [0.25, 0.3) is 0 Å². The number of phosphoric ester groups is 1. The van der Waals surface area contributed by atoms with Crippen molar-refractivity contribution < 1.29 is 33.4 Å². The Bertz CT molecular complexity index is 773. The lowest BCUT2D eigenvalue weighted by Gasteiger charge is -2.69. The normalized spacial score (nSPS) is 43.5. The highest BCUT2D eigenvalue weighted by Gasteiger charge is 2.72. The summed E-state index contributed by atoms with van der Waals surface area (Å²) in [6.45, 7) is 0.589. The van der Waals surface area contributed by atoms with E-state index in [9.17, 15) is 4.57 Å². The predicted molar refractivity (Wildman–Crippen MR) is 90.0 cm³/mol. The van der Waals surface area contributed by atoms with Gasteiger partial charge >= 0.3 is 7.82 Å². The molecule has 2 N–H and O–H groups in total. The maximum absolute atomic E-state index is 11.2. The zero-order chi connectivity index (χ0) is 18.2. The molecule has 26 heavy (non-hydrogen) atoms. The molecule has 6 rings (SSSR count). The maximum Gasteiger partial charge on any atom is 0.524 e. The number of ether oxygens (including phenoxy) is 1. The van der Waals surface area contributed by atoms with Gasteiger partial charge in [0.25, 0.3) is 0 Å². The lowest BCUT2D eigenvalue weighted by molar-refractivity contribution is -0.524. The highest BCUT2D eigenvalue weighted by Crippen LogP contribution is 2.69. The minimum Gasteiger partial charge on any atom is -0.404 e. The molecule has 1 heterocycles. The van der Waals surface area contributed by atoms with E-state index in [0.29, 0.717) is 24.4 Å². The SMILES string of the molecule is CO[C@]1(c2cccc(OP(=O)(O)O)c2)[C@H]2C[C@H]3C[C@@H](C2)[C@@]2(COO2)[C@H]1C3. The van der Waals surface area contributed by atoms with Gasteiger partial charge in [-0.15, -0.1) is 0 Å². The van der Waals surface area contributed by atoms with Crippen LogP contribution in [0.15, 0.2) is 24.3 Å². The number of phosphoric acid groups is 1. The summed E-state index contributed by atoms with van der Waals surface area (Å²) in [4.78, 5) is 29.2. The number of hydrogen-bond acceptors (Lipinski definition) is 5. The predicted octanol–water partition coefficient (Wildman–Crippen LogP) is 2.77. The molecule has 7 nitrogen and oxygen atoms in total. The molecule has 8 heteroatoms. The third-order valence-corrected chi connectivity index (χ3v) is 7.57. The molecule has 1 aliphatic heterocycles. The second kappa shape index (κ2) is 5.53. The standard InChI is InChI=1S/C18H23O7P/c1-22-18(12-3-2-4-15(9-12)24-26(19,20)21)14-6-11-5-13(8-14)17(10-23-25-17)16(18)7-11/h2-4,9,11,13-14,16H,5-8,10H2,1H3,(H2,19,20,21)/t11-,13+,14+,16-,17+,18-/m1/s1. The second-order valence-corrected chi connectivity index (χ2v) is 9.33. The largest absolute Gasteiger partial charge is 0.524 e. The molecule has 0 aromatic heterocycles. The van der Waals surface area contributed by atoms with Crippen molar-refractivity contribution in [2.45, 2.75) is 36.9 Å². The third-order valence-electron chi connectivity index (χ3n) is 7.12. The number of hydrogen-bond donors (Lipinski definition) is 2. The Kier molecular flexibility index (Phi) is 3.65. The van der Waals surface area contributed by atoms with Crippen molar-refractivity contribution in [1.29, 1.82) is 0 Å². The summed E-state index contributed by atoms with van der Waals surface area (Å²) in [5.74, 6) is 1.86. The first kappa shape index (κ1) is 17.2. The smallest absolute Gasteiger partial charge is 0.404 e. The molecule has 1 aromatic rings. The van der Waals surface area contributed by atoms with Crippen molar-refractivity contribution in [3.05, 3.63) is 29.8 Å². The quantitative estimate of drug-likeness (QED) is 0.611. The average molecular weight is 382 g/mol. The van der Waals surface area contributed by atoms with Gasteiger partial charge in [-0.1, -0.05) is 12.1 Å². The molecule has 6 atom stereocenters. The Labute approximate surface area is 151 Å². The summed E-state index contributed by atoms with van der Waals surface area (Å²) < 4.78 is 22.3. The van der Waals surface area contributed by atoms with E-state index in [4.69, 9.17) is 28.8 Å². The summed E-state index contributed by atoms with van der Waals surface area (Å²) in [6, 6.07) is 6.99. The van der Waals surface area contributed by atoms with Crippen LogP contribution in [0.2, 0.25) is 0 Å². The molecule has 5 fully saturated rings. The number of methoxy groups -OCH3 is 1. The van der Waals surface area contributed by atoms with Crippen LogP contribution < -0.4 is 4.52 Å². The monoisotopic (exact) mass is 382 g/mol. The molecule has 1 aromatic carbocycles. The highest BCUT2D eigenvalue weighted by molar-refractivity contribution is 7.46. The van der Waals surface area contributed by atoms with Crippen molar-refractivity contribution in [3.8, 4) is 5.75 Å². The summed E-state index contributed by atoms with van der Waals surface area (Å²) in [6.07, 6.45) is 4.35. The van der Waals surface area contributed by atoms with Crippen LogP contribution in [-0.4, -0.2) is 29.1 Å². The molecule has 4 aliphatic carbocycles. The van der Waals surface area contributed by atoms with Gasteiger partial charge in [-0.2, -0.15) is 0 Å². The van der Waals surface area contributed by atoms with Gasteiger partial charge < -0.3 is 9.26 Å². The topological polar surface area (TPSA) is 94.5 Å². The third kappa shape index (κ3) is 2.22. The second-order valence-electron chi connectivity index (χ2n) is 8.16. The van der Waals surface area contributed by atoms with Gasteiger partial charge in [-0.05, 0) is 61.1 Å². The molecule has 0 amide bonds. The fraction of sp³-hybridized carbons (Fsp3) is 0.667. The Morgan fingerprint density at radius 1 is 1.19 bits per heavy atom. The first-order chi connectivity index (χ1) is 12.4. The molecule has 1 spiro atoms. The first-order valence-corrected chi connectivity index (χ1v) is 10.6. The van der Waals surface area contributed by atoms with E-state index in [1.807, 2.05) is 6.07 Å². The maximum atomic E-state index is 11.2. The summed E-state index contributed by atoms with van der Waals surface area (Å²) in [5, 5.41) is 0. The molecule has 5 aliphatic rings. The minimum atomic E-state index is -4.61. The van der Waals surface area contributed by atoms with Crippen LogP contribution in [0.4, 0.5) is 0 Å². The summed E-state index contributed by atoms with van der Waals surface area (Å²) in [7, 11) is -2.88. The van der Waals surface area contributed by atoms with Crippen molar-refractivity contribution in [2.24, 2.45) is 23.7 Å². The van der Waals surface area contributed by atoms with Crippen molar-refractivity contribution in [2.75, 3.05) is 13.7 Å². The van der Waals surface area contributed by atoms with E-state index in [-0.39, 0.29) is 17.3 Å². The van der Waals surface area contributed by atoms with Crippen LogP contribution in [0.5, 0.6) is 5.75 Å². The van der Waals surface area contributed by atoms with Crippen molar-refractivity contribution in [1.82, 2.24) is 0 Å². The van der Waals surface area contributed by atoms with Crippen LogP contribution in [0, 0.1) is 23.7 Å².